The van der Waals surface area contributed by atoms with E-state index in [1.54, 1.807) is 7.05 Å². The van der Waals surface area contributed by atoms with Crippen LogP contribution in [0.1, 0.15) is 12.8 Å². The molecule has 0 amide bonds. The van der Waals surface area contributed by atoms with Gasteiger partial charge in [-0.2, -0.15) is 0 Å². The molecule has 0 spiro atoms. The number of aliphatic imine (C=N–C) groups is 1. The number of nitrogens with zero attached hydrogens (tertiary/aromatic N) is 2. The summed E-state index contributed by atoms with van der Waals surface area (Å²) in [6.07, 6.45) is 4.37. The molecular weight excluding hydrogens is 100 g/mol. The van der Waals surface area contributed by atoms with Crippen LogP contribution in [0.3, 0.4) is 0 Å². The number of hydrogen-bond acceptors (Lipinski definition) is 1. The van der Waals surface area contributed by atoms with Gasteiger partial charge < -0.3 is 4.90 Å². The van der Waals surface area contributed by atoms with Crippen molar-refractivity contribution in [2.24, 2.45) is 4.99 Å². The van der Waals surface area contributed by atoms with Crippen molar-refractivity contribution in [2.45, 2.75) is 12.8 Å². The third-order valence-corrected chi connectivity index (χ3v) is 1.25. The molecule has 1 aliphatic heterocycles. The molecule has 1 saturated heterocycles. The molecule has 1 radical (unpaired) electrons. The Labute approximate surface area is 50.2 Å². The number of hydrogen-bond donors (Lipinski definition) is 0. The zero-order valence-corrected chi connectivity index (χ0v) is 5.17. The van der Waals surface area contributed by atoms with E-state index in [4.69, 9.17) is 0 Å². The van der Waals surface area contributed by atoms with Crippen LogP contribution in [0.2, 0.25) is 0 Å². The Morgan fingerprint density at radius 1 is 1.75 bits per heavy atom. The van der Waals surface area contributed by atoms with Gasteiger partial charge in [-0.3, -0.25) is 4.99 Å². The molecule has 0 aromatic rings. The van der Waals surface area contributed by atoms with Gasteiger partial charge in [0.15, 0.2) is 0 Å². The first kappa shape index (κ1) is 5.60. The van der Waals surface area contributed by atoms with Gasteiger partial charge in [0.25, 0.3) is 0 Å². The minimum absolute atomic E-state index is 1.15. The first-order chi connectivity index (χ1) is 3.93. The average Bonchev–Trinajstić information content (AvgIpc) is 2.19. The van der Waals surface area contributed by atoms with Crippen LogP contribution in [0.5, 0.6) is 0 Å². The highest BCUT2D eigenvalue weighted by molar-refractivity contribution is 5.55. The van der Waals surface area contributed by atoms with E-state index >= 15 is 0 Å². The lowest BCUT2D eigenvalue weighted by Crippen LogP contribution is -2.11. The van der Waals surface area contributed by atoms with E-state index in [2.05, 4.69) is 16.4 Å². The lowest BCUT2D eigenvalue weighted by molar-refractivity contribution is 0.598. The summed E-state index contributed by atoms with van der Waals surface area (Å²) in [6.45, 7) is 3.32. The van der Waals surface area contributed by atoms with E-state index < -0.39 is 0 Å². The molecule has 0 atom stereocenters. The standard InChI is InChI=1S/C6H11N2/c1-7-6-8-4-2-3-5-8/h4,6H,2-3,5H2,1H3/b7-6+. The predicted octanol–water partition coefficient (Wildman–Crippen LogP) is 0.902. The van der Waals surface area contributed by atoms with Crippen molar-refractivity contribution in [3.63, 3.8) is 0 Å². The third kappa shape index (κ3) is 1.22. The van der Waals surface area contributed by atoms with Crippen LogP contribution in [0.25, 0.3) is 0 Å². The van der Waals surface area contributed by atoms with E-state index in [1.807, 2.05) is 6.34 Å². The van der Waals surface area contributed by atoms with Crippen LogP contribution >= 0.6 is 0 Å². The SMILES string of the molecule is C/N=C/N1[CH]CCC1. The summed E-state index contributed by atoms with van der Waals surface area (Å²) in [7, 11) is 1.80. The maximum atomic E-state index is 3.89. The maximum Gasteiger partial charge on any atom is 0.0849 e. The van der Waals surface area contributed by atoms with E-state index in [0.29, 0.717) is 0 Å². The molecule has 2 heteroatoms. The molecule has 0 aromatic heterocycles. The summed E-state index contributed by atoms with van der Waals surface area (Å²) < 4.78 is 0. The van der Waals surface area contributed by atoms with Crippen molar-refractivity contribution in [3.8, 4) is 0 Å². The van der Waals surface area contributed by atoms with Crippen molar-refractivity contribution < 1.29 is 0 Å². The Morgan fingerprint density at radius 3 is 3.12 bits per heavy atom. The Hall–Kier alpha value is -0.530. The molecule has 1 rings (SSSR count). The molecule has 0 aliphatic carbocycles. The van der Waals surface area contributed by atoms with E-state index in [1.165, 1.54) is 12.8 Å². The summed E-state index contributed by atoms with van der Waals surface area (Å²) >= 11 is 0. The first-order valence-electron chi connectivity index (χ1n) is 2.95. The molecular formula is C6H11N2. The molecule has 45 valence electrons. The molecule has 0 N–H and O–H groups in total. The van der Waals surface area contributed by atoms with Gasteiger partial charge in [0.1, 0.15) is 0 Å². The van der Waals surface area contributed by atoms with Crippen molar-refractivity contribution in [2.75, 3.05) is 13.6 Å². The highest BCUT2D eigenvalue weighted by atomic mass is 15.2. The van der Waals surface area contributed by atoms with Crippen LogP contribution in [0.15, 0.2) is 4.99 Å². The van der Waals surface area contributed by atoms with Crippen LogP contribution in [-0.4, -0.2) is 24.8 Å². The van der Waals surface area contributed by atoms with Gasteiger partial charge in [0.2, 0.25) is 0 Å². The molecule has 0 unspecified atom stereocenters. The van der Waals surface area contributed by atoms with Gasteiger partial charge in [-0.05, 0) is 12.8 Å². The van der Waals surface area contributed by atoms with Crippen molar-refractivity contribution in [1.82, 2.24) is 4.90 Å². The Kier molecular flexibility index (Phi) is 1.89. The largest absolute Gasteiger partial charge is 0.358 e. The topological polar surface area (TPSA) is 15.6 Å². The van der Waals surface area contributed by atoms with Crippen molar-refractivity contribution >= 4 is 6.34 Å². The van der Waals surface area contributed by atoms with E-state index in [9.17, 15) is 0 Å². The fraction of sp³-hybridized carbons (Fsp3) is 0.667. The van der Waals surface area contributed by atoms with Crippen molar-refractivity contribution in [3.05, 3.63) is 6.54 Å². The summed E-state index contributed by atoms with van der Waals surface area (Å²) in [5.74, 6) is 0. The number of rotatable bonds is 1. The van der Waals surface area contributed by atoms with Gasteiger partial charge >= 0.3 is 0 Å². The van der Waals surface area contributed by atoms with Crippen LogP contribution in [-0.2, 0) is 0 Å². The monoisotopic (exact) mass is 111 g/mol. The second-order valence-electron chi connectivity index (χ2n) is 1.94. The maximum absolute atomic E-state index is 3.89. The highest BCUT2D eigenvalue weighted by Gasteiger charge is 2.06. The Bertz CT molecular complexity index is 82.5. The highest BCUT2D eigenvalue weighted by Crippen LogP contribution is 2.08. The first-order valence-corrected chi connectivity index (χ1v) is 2.95. The van der Waals surface area contributed by atoms with Crippen LogP contribution < -0.4 is 0 Å². The fourth-order valence-electron chi connectivity index (χ4n) is 0.875. The Morgan fingerprint density at radius 2 is 2.62 bits per heavy atom. The molecule has 2 nitrogen and oxygen atoms in total. The normalized spacial score (nSPS) is 20.9. The molecule has 0 aromatic carbocycles. The molecule has 0 bridgehead atoms. The zero-order valence-electron chi connectivity index (χ0n) is 5.17. The van der Waals surface area contributed by atoms with Gasteiger partial charge in [0.05, 0.1) is 12.9 Å². The second-order valence-corrected chi connectivity index (χ2v) is 1.94. The van der Waals surface area contributed by atoms with Gasteiger partial charge in [-0.25, -0.2) is 0 Å². The zero-order chi connectivity index (χ0) is 5.82. The van der Waals surface area contributed by atoms with Gasteiger partial charge in [-0.1, -0.05) is 0 Å². The quantitative estimate of drug-likeness (QED) is 0.362. The molecule has 8 heavy (non-hydrogen) atoms. The molecule has 0 saturated carbocycles. The summed E-state index contributed by atoms with van der Waals surface area (Å²) in [5.41, 5.74) is 0. The minimum atomic E-state index is 1.15. The average molecular weight is 111 g/mol. The second kappa shape index (κ2) is 2.70. The van der Waals surface area contributed by atoms with Crippen LogP contribution in [0, 0.1) is 6.54 Å². The van der Waals surface area contributed by atoms with Gasteiger partial charge in [-0.15, -0.1) is 0 Å². The summed E-state index contributed by atoms with van der Waals surface area (Å²) in [4.78, 5) is 6.01. The third-order valence-electron chi connectivity index (χ3n) is 1.25. The Balaban J connectivity index is 2.24. The lowest BCUT2D eigenvalue weighted by atomic mass is 10.4. The smallest absolute Gasteiger partial charge is 0.0849 e. The molecule has 1 aliphatic rings. The molecule has 1 fully saturated rings. The summed E-state index contributed by atoms with van der Waals surface area (Å²) in [5, 5.41) is 0. The van der Waals surface area contributed by atoms with E-state index in [-0.39, 0.29) is 0 Å². The van der Waals surface area contributed by atoms with E-state index in [0.717, 1.165) is 6.54 Å². The minimum Gasteiger partial charge on any atom is -0.358 e. The molecule has 1 heterocycles. The lowest BCUT2D eigenvalue weighted by Gasteiger charge is -2.06. The predicted molar refractivity (Wildman–Crippen MR) is 34.7 cm³/mol. The summed E-state index contributed by atoms with van der Waals surface area (Å²) in [6, 6.07) is 0. The van der Waals surface area contributed by atoms with Crippen molar-refractivity contribution in [1.29, 1.82) is 0 Å². The number of likely N-dealkylation sites (tertiary alicyclic amines) is 1. The van der Waals surface area contributed by atoms with Gasteiger partial charge in [0, 0.05) is 13.6 Å². The fourth-order valence-corrected chi connectivity index (χ4v) is 0.875. The van der Waals surface area contributed by atoms with Crippen LogP contribution in [0.4, 0.5) is 0 Å².